The molecule has 4 aromatic rings. The minimum absolute atomic E-state index is 0.00471. The molecule has 33 heavy (non-hydrogen) atoms. The van der Waals surface area contributed by atoms with E-state index in [0.717, 1.165) is 29.3 Å². The van der Waals surface area contributed by atoms with Gasteiger partial charge in [-0.3, -0.25) is 0 Å². The molecule has 3 aromatic carbocycles. The lowest BCUT2D eigenvalue weighted by molar-refractivity contribution is 0.0165. The number of alkyl halides is 2. The summed E-state index contributed by atoms with van der Waals surface area (Å²) in [6, 6.07) is 20.1. The lowest BCUT2D eigenvalue weighted by Gasteiger charge is -2.18. The van der Waals surface area contributed by atoms with E-state index in [1.807, 2.05) is 67.8 Å². The molecule has 3 N–H and O–H groups in total. The molecule has 0 amide bonds. The molecular weight excluding hydrogens is 418 g/mol. The van der Waals surface area contributed by atoms with Crippen molar-refractivity contribution in [1.29, 1.82) is 0 Å². The van der Waals surface area contributed by atoms with Gasteiger partial charge in [-0.1, -0.05) is 68.5 Å². The highest BCUT2D eigenvalue weighted by Gasteiger charge is 2.27. The number of imidazole rings is 1. The summed E-state index contributed by atoms with van der Waals surface area (Å²) in [6.45, 7) is 11.0. The number of anilines is 2. The fourth-order valence-electron chi connectivity index (χ4n) is 3.61. The van der Waals surface area contributed by atoms with Crippen molar-refractivity contribution in [3.63, 3.8) is 0 Å². The highest BCUT2D eigenvalue weighted by molar-refractivity contribution is 5.83. The van der Waals surface area contributed by atoms with Crippen molar-refractivity contribution in [1.82, 2.24) is 9.55 Å². The summed E-state index contributed by atoms with van der Waals surface area (Å²) in [5.41, 5.74) is 11.1. The molecule has 0 atom stereocenters. The molecule has 1 aromatic heterocycles. The molecule has 0 fully saturated rings. The summed E-state index contributed by atoms with van der Waals surface area (Å²) in [6.07, 6.45) is 0. The topological polar surface area (TPSA) is 55.9 Å². The maximum Gasteiger partial charge on any atom is 0.270 e. The molecule has 0 aliphatic heterocycles. The predicted molar refractivity (Wildman–Crippen MR) is 134 cm³/mol. The first kappa shape index (κ1) is 24.0. The fourth-order valence-corrected chi connectivity index (χ4v) is 3.61. The number of benzene rings is 3. The zero-order valence-electron chi connectivity index (χ0n) is 19.5. The predicted octanol–water partition coefficient (Wildman–Crippen LogP) is 7.20. The number of fused-ring (bicyclic) bond motifs is 1. The van der Waals surface area contributed by atoms with Gasteiger partial charge in [-0.05, 0) is 42.3 Å². The molecule has 0 saturated heterocycles. The molecule has 0 aliphatic rings. The van der Waals surface area contributed by atoms with Crippen LogP contribution in [-0.4, -0.2) is 9.55 Å². The van der Waals surface area contributed by atoms with Crippen LogP contribution in [0.25, 0.3) is 16.7 Å². The van der Waals surface area contributed by atoms with Crippen LogP contribution in [0.5, 0.6) is 0 Å². The number of nitrogens with zero attached hydrogens (tertiary/aromatic N) is 2. The monoisotopic (exact) mass is 448 g/mol. The van der Waals surface area contributed by atoms with Crippen LogP contribution in [0.3, 0.4) is 0 Å². The van der Waals surface area contributed by atoms with E-state index in [4.69, 9.17) is 10.7 Å². The molecular formula is C27H30F2N4. The number of halogens is 2. The van der Waals surface area contributed by atoms with E-state index < -0.39 is 5.92 Å². The average Bonchev–Trinajstić information content (AvgIpc) is 3.12. The second kappa shape index (κ2) is 9.86. The van der Waals surface area contributed by atoms with Crippen LogP contribution >= 0.6 is 0 Å². The van der Waals surface area contributed by atoms with E-state index in [1.54, 1.807) is 18.2 Å². The number of hydrogen-bond donors (Lipinski definition) is 2. The van der Waals surface area contributed by atoms with Crippen molar-refractivity contribution in [2.45, 2.75) is 40.2 Å². The lowest BCUT2D eigenvalue weighted by atomic mass is 10.0. The normalized spacial score (nSPS) is 11.1. The summed E-state index contributed by atoms with van der Waals surface area (Å²) in [4.78, 5) is 4.73. The molecule has 4 rings (SSSR count). The van der Waals surface area contributed by atoms with Gasteiger partial charge in [0.1, 0.15) is 0 Å². The Balaban J connectivity index is 0.00000149. The number of nitrogens with two attached hydrogens (primary N) is 1. The van der Waals surface area contributed by atoms with Gasteiger partial charge in [-0.2, -0.15) is 0 Å². The van der Waals surface area contributed by atoms with Crippen molar-refractivity contribution in [2.24, 2.45) is 5.73 Å². The van der Waals surface area contributed by atoms with Gasteiger partial charge in [0.05, 0.1) is 17.6 Å². The Kier molecular flexibility index (Phi) is 7.16. The van der Waals surface area contributed by atoms with Crippen LogP contribution in [0.2, 0.25) is 0 Å². The average molecular weight is 449 g/mol. The van der Waals surface area contributed by atoms with Crippen molar-refractivity contribution in [3.05, 3.63) is 95.6 Å². The maximum atomic E-state index is 14.2. The van der Waals surface area contributed by atoms with Gasteiger partial charge in [0, 0.05) is 23.9 Å². The molecule has 0 unspecified atom stereocenters. The van der Waals surface area contributed by atoms with E-state index in [9.17, 15) is 8.78 Å². The van der Waals surface area contributed by atoms with E-state index in [-0.39, 0.29) is 12.1 Å². The first-order chi connectivity index (χ1) is 15.7. The van der Waals surface area contributed by atoms with Gasteiger partial charge in [0.15, 0.2) is 0 Å². The van der Waals surface area contributed by atoms with Gasteiger partial charge >= 0.3 is 0 Å². The zero-order valence-corrected chi connectivity index (χ0v) is 19.5. The van der Waals surface area contributed by atoms with Crippen molar-refractivity contribution in [2.75, 3.05) is 5.32 Å². The van der Waals surface area contributed by atoms with Gasteiger partial charge < -0.3 is 15.6 Å². The van der Waals surface area contributed by atoms with Gasteiger partial charge in [0.2, 0.25) is 5.95 Å². The minimum atomic E-state index is -2.94. The molecule has 0 aliphatic carbocycles. The van der Waals surface area contributed by atoms with Crippen molar-refractivity contribution in [3.8, 4) is 0 Å². The first-order valence-corrected chi connectivity index (χ1v) is 11.0. The second-order valence-electron chi connectivity index (χ2n) is 7.79. The Bertz CT molecular complexity index is 1250. The second-order valence-corrected chi connectivity index (χ2v) is 7.79. The van der Waals surface area contributed by atoms with E-state index in [1.165, 1.54) is 6.07 Å². The Hall–Kier alpha value is -3.67. The van der Waals surface area contributed by atoms with Crippen LogP contribution in [0, 0.1) is 6.92 Å². The molecule has 0 spiro atoms. The molecule has 6 heteroatoms. The Morgan fingerprint density at radius 1 is 1.06 bits per heavy atom. The highest BCUT2D eigenvalue weighted by Crippen LogP contribution is 2.32. The standard InChI is InChI=1S/C25H24F2N4.C2H6/c1-16-8-11-20(12-9-16)29-24-30-22-14-18(17(2)28)10-13-23(22)31(24)15-19-6-4-5-7-21(19)25(3,26)27;1-2/h4-14H,2,15,28H2,1,3H3,(H,29,30);1-2H3. The van der Waals surface area contributed by atoms with Crippen LogP contribution in [0.15, 0.2) is 73.3 Å². The van der Waals surface area contributed by atoms with E-state index in [0.29, 0.717) is 22.7 Å². The molecule has 0 bridgehead atoms. The minimum Gasteiger partial charge on any atom is -0.399 e. The summed E-state index contributed by atoms with van der Waals surface area (Å²) in [5, 5.41) is 3.33. The Morgan fingerprint density at radius 2 is 1.73 bits per heavy atom. The van der Waals surface area contributed by atoms with E-state index in [2.05, 4.69) is 11.9 Å². The quantitative estimate of drug-likeness (QED) is 0.328. The Morgan fingerprint density at radius 3 is 2.36 bits per heavy atom. The van der Waals surface area contributed by atoms with Crippen LogP contribution < -0.4 is 11.1 Å². The summed E-state index contributed by atoms with van der Waals surface area (Å²) in [5.74, 6) is -2.38. The van der Waals surface area contributed by atoms with E-state index >= 15 is 0 Å². The van der Waals surface area contributed by atoms with Crippen molar-refractivity contribution < 1.29 is 8.78 Å². The number of nitrogens with one attached hydrogen (secondary N) is 1. The van der Waals surface area contributed by atoms with Crippen LogP contribution in [0.1, 0.15) is 43.0 Å². The van der Waals surface area contributed by atoms with Crippen LogP contribution in [-0.2, 0) is 12.5 Å². The lowest BCUT2D eigenvalue weighted by Crippen LogP contribution is -2.14. The third kappa shape index (κ3) is 5.40. The molecule has 0 radical (unpaired) electrons. The SMILES string of the molecule is C=C(N)c1ccc2c(c1)nc(Nc1ccc(C)cc1)n2Cc1ccccc1C(C)(F)F.CC. The molecule has 1 heterocycles. The maximum absolute atomic E-state index is 14.2. The number of hydrogen-bond acceptors (Lipinski definition) is 3. The third-order valence-electron chi connectivity index (χ3n) is 5.25. The number of aromatic nitrogens is 2. The first-order valence-electron chi connectivity index (χ1n) is 11.0. The molecule has 4 nitrogen and oxygen atoms in total. The highest BCUT2D eigenvalue weighted by atomic mass is 19.3. The summed E-state index contributed by atoms with van der Waals surface area (Å²) in [7, 11) is 0. The number of rotatable bonds is 6. The van der Waals surface area contributed by atoms with Gasteiger partial charge in [-0.15, -0.1) is 0 Å². The van der Waals surface area contributed by atoms with Gasteiger partial charge in [-0.25, -0.2) is 13.8 Å². The Labute approximate surface area is 193 Å². The van der Waals surface area contributed by atoms with Gasteiger partial charge in [0.25, 0.3) is 5.92 Å². The smallest absolute Gasteiger partial charge is 0.270 e. The summed E-state index contributed by atoms with van der Waals surface area (Å²) >= 11 is 0. The molecule has 0 saturated carbocycles. The molecule has 172 valence electrons. The third-order valence-corrected chi connectivity index (χ3v) is 5.25. The fraction of sp³-hybridized carbons (Fsp3) is 0.222. The number of aryl methyl sites for hydroxylation is 1. The largest absolute Gasteiger partial charge is 0.399 e. The van der Waals surface area contributed by atoms with Crippen molar-refractivity contribution >= 4 is 28.4 Å². The summed E-state index contributed by atoms with van der Waals surface area (Å²) < 4.78 is 30.3. The zero-order chi connectivity index (χ0) is 24.2. The van der Waals surface area contributed by atoms with Crippen LogP contribution in [0.4, 0.5) is 20.4 Å².